The number of H-pyrrole nitrogens is 1. The van der Waals surface area contributed by atoms with Gasteiger partial charge >= 0.3 is 0 Å². The summed E-state index contributed by atoms with van der Waals surface area (Å²) in [6, 6.07) is 11.9. The number of benzene rings is 2. The molecule has 0 radical (unpaired) electrons. The van der Waals surface area contributed by atoms with E-state index in [2.05, 4.69) is 39.6 Å². The maximum Gasteiger partial charge on any atom is 0.197 e. The number of aryl methyl sites for hydroxylation is 1. The Morgan fingerprint density at radius 1 is 1.37 bits per heavy atom. The van der Waals surface area contributed by atoms with E-state index in [4.69, 9.17) is 4.74 Å². The molecule has 140 valence electrons. The van der Waals surface area contributed by atoms with Crippen molar-refractivity contribution in [3.63, 3.8) is 0 Å². The summed E-state index contributed by atoms with van der Waals surface area (Å²) in [7, 11) is 0.377. The number of rotatable bonds is 6. The van der Waals surface area contributed by atoms with E-state index in [-0.39, 0.29) is 0 Å². The van der Waals surface area contributed by atoms with Gasteiger partial charge in [0.15, 0.2) is 5.16 Å². The van der Waals surface area contributed by atoms with Crippen LogP contribution < -0.4 is 9.64 Å². The summed E-state index contributed by atoms with van der Waals surface area (Å²) < 4.78 is 18.3. The van der Waals surface area contributed by atoms with Crippen molar-refractivity contribution < 1.29 is 8.95 Å². The highest BCUT2D eigenvalue weighted by molar-refractivity contribution is 7.84. The number of aromatic amines is 1. The fourth-order valence-corrected chi connectivity index (χ4v) is 4.77. The third-order valence-corrected chi connectivity index (χ3v) is 6.11. The summed E-state index contributed by atoms with van der Waals surface area (Å²) in [6.45, 7) is 5.69. The van der Waals surface area contributed by atoms with Crippen molar-refractivity contribution in [1.82, 2.24) is 9.97 Å². The minimum atomic E-state index is -1.25. The number of imidazole rings is 1. The van der Waals surface area contributed by atoms with Crippen molar-refractivity contribution in [2.75, 3.05) is 25.1 Å². The Morgan fingerprint density at radius 3 is 3.07 bits per heavy atom. The van der Waals surface area contributed by atoms with E-state index < -0.39 is 10.8 Å². The number of ether oxygens (including phenoxy) is 1. The van der Waals surface area contributed by atoms with Crippen molar-refractivity contribution in [2.24, 2.45) is 0 Å². The van der Waals surface area contributed by atoms with Gasteiger partial charge < -0.3 is 14.6 Å². The second kappa shape index (κ2) is 7.56. The fourth-order valence-electron chi connectivity index (χ4n) is 3.69. The molecule has 1 atom stereocenters. The van der Waals surface area contributed by atoms with Gasteiger partial charge in [0.25, 0.3) is 0 Å². The number of fused-ring (bicyclic) bond motifs is 2. The van der Waals surface area contributed by atoms with Gasteiger partial charge in [-0.3, -0.25) is 4.21 Å². The predicted octanol–water partition coefficient (Wildman–Crippen LogP) is 3.82. The molecule has 0 spiro atoms. The number of para-hydroxylation sites is 1. The third-order valence-electron chi connectivity index (χ3n) is 4.91. The number of nitrogens with one attached hydrogen (secondary N) is 1. The van der Waals surface area contributed by atoms with Crippen LogP contribution in [0.4, 0.5) is 5.69 Å². The van der Waals surface area contributed by atoms with E-state index in [0.717, 1.165) is 48.3 Å². The zero-order chi connectivity index (χ0) is 18.8. The van der Waals surface area contributed by atoms with Gasteiger partial charge in [-0.2, -0.15) is 0 Å². The Balaban J connectivity index is 1.64. The van der Waals surface area contributed by atoms with E-state index >= 15 is 0 Å². The normalized spacial score (nSPS) is 14.8. The SMILES string of the molecule is C=CCN1CCCc2cccc(CS(=O)c3nc4ccc(OC)cc4[nH]3)c21. The van der Waals surface area contributed by atoms with Gasteiger partial charge in [-0.1, -0.05) is 24.3 Å². The second-order valence-electron chi connectivity index (χ2n) is 6.68. The quantitative estimate of drug-likeness (QED) is 0.660. The minimum Gasteiger partial charge on any atom is -0.497 e. The first-order valence-electron chi connectivity index (χ1n) is 9.08. The van der Waals surface area contributed by atoms with Gasteiger partial charge in [-0.15, -0.1) is 6.58 Å². The predicted molar refractivity (Wildman–Crippen MR) is 110 cm³/mol. The molecular formula is C21H23N3O2S. The molecule has 2 aromatic carbocycles. The molecule has 0 fully saturated rings. The topological polar surface area (TPSA) is 58.2 Å². The first-order chi connectivity index (χ1) is 13.2. The van der Waals surface area contributed by atoms with Crippen molar-refractivity contribution in [3.05, 3.63) is 60.2 Å². The Bertz CT molecular complexity index is 1010. The van der Waals surface area contributed by atoms with E-state index in [0.29, 0.717) is 10.9 Å². The van der Waals surface area contributed by atoms with Crippen LogP contribution in [-0.2, 0) is 23.0 Å². The summed E-state index contributed by atoms with van der Waals surface area (Å²) in [5, 5.41) is 0.502. The Kier molecular flexibility index (Phi) is 4.99. The number of nitrogens with zero attached hydrogens (tertiary/aromatic N) is 2. The molecule has 4 rings (SSSR count). The number of methoxy groups -OCH3 is 1. The summed E-state index contributed by atoms with van der Waals surface area (Å²) in [6.07, 6.45) is 4.13. The molecule has 1 unspecified atom stereocenters. The van der Waals surface area contributed by atoms with Crippen LogP contribution in [0.1, 0.15) is 17.5 Å². The average Bonchev–Trinajstić information content (AvgIpc) is 3.12. The molecule has 0 aliphatic carbocycles. The number of hydrogen-bond donors (Lipinski definition) is 1. The van der Waals surface area contributed by atoms with Crippen LogP contribution in [0.15, 0.2) is 54.2 Å². The zero-order valence-electron chi connectivity index (χ0n) is 15.4. The van der Waals surface area contributed by atoms with Crippen LogP contribution in [0.25, 0.3) is 11.0 Å². The lowest BCUT2D eigenvalue weighted by Gasteiger charge is -2.32. The van der Waals surface area contributed by atoms with Crippen molar-refractivity contribution in [3.8, 4) is 5.75 Å². The van der Waals surface area contributed by atoms with Crippen molar-refractivity contribution in [1.29, 1.82) is 0 Å². The first-order valence-corrected chi connectivity index (χ1v) is 10.4. The summed E-state index contributed by atoms with van der Waals surface area (Å²) >= 11 is 0. The third kappa shape index (κ3) is 3.49. The van der Waals surface area contributed by atoms with Crippen LogP contribution in [0.5, 0.6) is 5.75 Å². The zero-order valence-corrected chi connectivity index (χ0v) is 16.2. The summed E-state index contributed by atoms with van der Waals surface area (Å²) in [5.41, 5.74) is 5.27. The van der Waals surface area contributed by atoms with Gasteiger partial charge in [0.2, 0.25) is 0 Å². The molecule has 6 heteroatoms. The molecule has 1 aromatic heterocycles. The molecule has 2 heterocycles. The monoisotopic (exact) mass is 381 g/mol. The average molecular weight is 382 g/mol. The highest BCUT2D eigenvalue weighted by Gasteiger charge is 2.21. The van der Waals surface area contributed by atoms with Gasteiger partial charge in [0.05, 0.1) is 34.7 Å². The maximum atomic E-state index is 13.0. The van der Waals surface area contributed by atoms with E-state index in [1.54, 1.807) is 7.11 Å². The van der Waals surface area contributed by atoms with Gasteiger partial charge in [-0.25, -0.2) is 4.98 Å². The van der Waals surface area contributed by atoms with Crippen LogP contribution in [0.3, 0.4) is 0 Å². The second-order valence-corrected chi connectivity index (χ2v) is 8.04. The lowest BCUT2D eigenvalue weighted by Crippen LogP contribution is -2.30. The first kappa shape index (κ1) is 17.8. The van der Waals surface area contributed by atoms with Crippen molar-refractivity contribution in [2.45, 2.75) is 23.8 Å². The van der Waals surface area contributed by atoms with Crippen molar-refractivity contribution >= 4 is 27.5 Å². The maximum absolute atomic E-state index is 13.0. The van der Waals surface area contributed by atoms with E-state index in [1.807, 2.05) is 24.3 Å². The lowest BCUT2D eigenvalue weighted by atomic mass is 9.98. The molecule has 0 saturated heterocycles. The summed E-state index contributed by atoms with van der Waals surface area (Å²) in [4.78, 5) is 10.0. The number of aromatic nitrogens is 2. The van der Waals surface area contributed by atoms with Gasteiger partial charge in [0.1, 0.15) is 5.75 Å². The smallest absolute Gasteiger partial charge is 0.197 e. The molecule has 5 nitrogen and oxygen atoms in total. The molecule has 1 aliphatic heterocycles. The molecule has 0 saturated carbocycles. The number of anilines is 1. The molecular weight excluding hydrogens is 358 g/mol. The standard InChI is InChI=1S/C21H23N3O2S/c1-3-11-24-12-5-8-15-6-4-7-16(20(15)24)14-27(25)21-22-18-10-9-17(26-2)13-19(18)23-21/h3-4,6-7,9-10,13H,1,5,8,11-12,14H2,2H3,(H,22,23). The molecule has 0 bridgehead atoms. The van der Waals surface area contributed by atoms with Crippen LogP contribution >= 0.6 is 0 Å². The lowest BCUT2D eigenvalue weighted by molar-refractivity contribution is 0.415. The van der Waals surface area contributed by atoms with E-state index in [9.17, 15) is 4.21 Å². The van der Waals surface area contributed by atoms with Crippen LogP contribution in [-0.4, -0.2) is 34.4 Å². The Hall–Kier alpha value is -2.60. The molecule has 27 heavy (non-hydrogen) atoms. The largest absolute Gasteiger partial charge is 0.497 e. The highest BCUT2D eigenvalue weighted by atomic mass is 32.2. The molecule has 0 amide bonds. The Morgan fingerprint density at radius 2 is 2.26 bits per heavy atom. The minimum absolute atomic E-state index is 0.438. The van der Waals surface area contributed by atoms with Crippen LogP contribution in [0, 0.1) is 0 Å². The van der Waals surface area contributed by atoms with Gasteiger partial charge in [-0.05, 0) is 36.1 Å². The Labute approximate surface area is 161 Å². The fraction of sp³-hybridized carbons (Fsp3) is 0.286. The molecule has 3 aromatic rings. The van der Waals surface area contributed by atoms with Crippen LogP contribution in [0.2, 0.25) is 0 Å². The van der Waals surface area contributed by atoms with Gasteiger partial charge in [0, 0.05) is 24.8 Å². The molecule has 1 aliphatic rings. The molecule has 1 N–H and O–H groups in total. The number of hydrogen-bond acceptors (Lipinski definition) is 4. The summed E-state index contributed by atoms with van der Waals surface area (Å²) in [5.74, 6) is 1.19. The van der Waals surface area contributed by atoms with E-state index in [1.165, 1.54) is 11.3 Å². The highest BCUT2D eigenvalue weighted by Crippen LogP contribution is 2.32.